The summed E-state index contributed by atoms with van der Waals surface area (Å²) in [4.78, 5) is 9.04. The maximum Gasteiger partial charge on any atom is 0.161 e. The van der Waals surface area contributed by atoms with Crippen LogP contribution >= 0.6 is 11.6 Å². The van der Waals surface area contributed by atoms with Crippen LogP contribution in [0.5, 0.6) is 0 Å². The van der Waals surface area contributed by atoms with E-state index in [1.807, 2.05) is 36.4 Å². The normalized spacial score (nSPS) is 10.9. The summed E-state index contributed by atoms with van der Waals surface area (Å²) in [6.45, 7) is 4.17. The van der Waals surface area contributed by atoms with Crippen molar-refractivity contribution in [2.75, 3.05) is 0 Å². The van der Waals surface area contributed by atoms with Gasteiger partial charge in [0.1, 0.15) is 5.15 Å². The van der Waals surface area contributed by atoms with Crippen molar-refractivity contribution >= 4 is 22.5 Å². The summed E-state index contributed by atoms with van der Waals surface area (Å²) in [7, 11) is 0. The molecule has 0 aliphatic carbocycles. The first-order chi connectivity index (χ1) is 9.16. The van der Waals surface area contributed by atoms with Gasteiger partial charge in [-0.2, -0.15) is 0 Å². The average molecular weight is 269 g/mol. The van der Waals surface area contributed by atoms with Crippen molar-refractivity contribution in [1.29, 1.82) is 0 Å². The average Bonchev–Trinajstić information content (AvgIpc) is 2.42. The molecule has 94 valence electrons. The largest absolute Gasteiger partial charge is 0.228 e. The van der Waals surface area contributed by atoms with E-state index < -0.39 is 0 Å². The fraction of sp³-hybridized carbons (Fsp3) is 0.125. The lowest BCUT2D eigenvalue weighted by Gasteiger charge is -2.09. The van der Waals surface area contributed by atoms with E-state index in [2.05, 4.69) is 29.9 Å². The predicted octanol–water partition coefficient (Wildman–Crippen LogP) is 4.57. The summed E-state index contributed by atoms with van der Waals surface area (Å²) in [5.74, 6) is 0.685. The fourth-order valence-electron chi connectivity index (χ4n) is 2.15. The lowest BCUT2D eigenvalue weighted by atomic mass is 10.0. The van der Waals surface area contributed by atoms with Crippen LogP contribution in [0.3, 0.4) is 0 Å². The summed E-state index contributed by atoms with van der Waals surface area (Å²) in [6.07, 6.45) is 0. The zero-order valence-corrected chi connectivity index (χ0v) is 11.6. The Balaban J connectivity index is 2.29. The van der Waals surface area contributed by atoms with Gasteiger partial charge in [-0.1, -0.05) is 41.9 Å². The van der Waals surface area contributed by atoms with Crippen molar-refractivity contribution in [3.05, 3.63) is 58.7 Å². The third-order valence-corrected chi connectivity index (χ3v) is 3.69. The monoisotopic (exact) mass is 268 g/mol. The zero-order chi connectivity index (χ0) is 13.4. The number of para-hydroxylation sites is 1. The maximum absolute atomic E-state index is 6.25. The number of hydrogen-bond acceptors (Lipinski definition) is 2. The van der Waals surface area contributed by atoms with Gasteiger partial charge >= 0.3 is 0 Å². The first-order valence-corrected chi connectivity index (χ1v) is 6.53. The van der Waals surface area contributed by atoms with Gasteiger partial charge in [0.2, 0.25) is 0 Å². The van der Waals surface area contributed by atoms with Gasteiger partial charge in [-0.15, -0.1) is 0 Å². The first kappa shape index (κ1) is 12.1. The predicted molar refractivity (Wildman–Crippen MR) is 79.5 cm³/mol. The van der Waals surface area contributed by atoms with Crippen LogP contribution in [-0.4, -0.2) is 9.97 Å². The van der Waals surface area contributed by atoms with Crippen LogP contribution in [0.1, 0.15) is 11.1 Å². The van der Waals surface area contributed by atoms with Gasteiger partial charge < -0.3 is 0 Å². The second-order valence-corrected chi connectivity index (χ2v) is 4.96. The molecule has 1 aromatic heterocycles. The smallest absolute Gasteiger partial charge is 0.161 e. The number of aryl methyl sites for hydroxylation is 1. The molecule has 0 bridgehead atoms. The van der Waals surface area contributed by atoms with Crippen molar-refractivity contribution in [2.24, 2.45) is 0 Å². The summed E-state index contributed by atoms with van der Waals surface area (Å²) in [5, 5.41) is 1.39. The van der Waals surface area contributed by atoms with Gasteiger partial charge in [-0.05, 0) is 37.1 Å². The highest BCUT2D eigenvalue weighted by atomic mass is 35.5. The second-order valence-electron chi connectivity index (χ2n) is 4.60. The Bertz CT molecular complexity index is 766. The molecule has 3 aromatic rings. The quantitative estimate of drug-likeness (QED) is 0.604. The fourth-order valence-corrected chi connectivity index (χ4v) is 2.39. The topological polar surface area (TPSA) is 25.8 Å². The van der Waals surface area contributed by atoms with Crippen LogP contribution in [0.4, 0.5) is 0 Å². The molecule has 3 heteroatoms. The SMILES string of the molecule is Cc1cccc(-c2nc(Cl)c3ccccc3n2)c1C. The van der Waals surface area contributed by atoms with E-state index in [0.29, 0.717) is 11.0 Å². The molecule has 0 aliphatic heterocycles. The molecule has 0 radical (unpaired) electrons. The Morgan fingerprint density at radius 2 is 1.68 bits per heavy atom. The Kier molecular flexibility index (Phi) is 2.96. The van der Waals surface area contributed by atoms with Gasteiger partial charge in [0, 0.05) is 10.9 Å². The molecular weight excluding hydrogens is 256 g/mol. The van der Waals surface area contributed by atoms with Gasteiger partial charge in [-0.3, -0.25) is 0 Å². The number of nitrogens with zero attached hydrogens (tertiary/aromatic N) is 2. The number of fused-ring (bicyclic) bond motifs is 1. The number of aromatic nitrogens is 2. The number of halogens is 1. The second kappa shape index (κ2) is 4.63. The van der Waals surface area contributed by atoms with Crippen molar-refractivity contribution in [2.45, 2.75) is 13.8 Å². The van der Waals surface area contributed by atoms with E-state index in [1.54, 1.807) is 0 Å². The molecule has 0 amide bonds. The summed E-state index contributed by atoms with van der Waals surface area (Å²) < 4.78 is 0. The maximum atomic E-state index is 6.25. The zero-order valence-electron chi connectivity index (χ0n) is 10.8. The molecule has 0 aliphatic rings. The Labute approximate surface area is 117 Å². The van der Waals surface area contributed by atoms with E-state index in [9.17, 15) is 0 Å². The highest BCUT2D eigenvalue weighted by molar-refractivity contribution is 6.34. The van der Waals surface area contributed by atoms with Crippen LogP contribution in [-0.2, 0) is 0 Å². The minimum absolute atomic E-state index is 0.501. The molecule has 2 nitrogen and oxygen atoms in total. The third-order valence-electron chi connectivity index (χ3n) is 3.40. The minimum Gasteiger partial charge on any atom is -0.228 e. The lowest BCUT2D eigenvalue weighted by molar-refractivity contribution is 1.20. The number of benzene rings is 2. The van der Waals surface area contributed by atoms with E-state index in [4.69, 9.17) is 11.6 Å². The number of rotatable bonds is 1. The summed E-state index contributed by atoms with van der Waals surface area (Å²) in [5.41, 5.74) is 4.32. The third kappa shape index (κ3) is 2.08. The van der Waals surface area contributed by atoms with Crippen molar-refractivity contribution < 1.29 is 0 Å². The van der Waals surface area contributed by atoms with Crippen LogP contribution in [0.25, 0.3) is 22.3 Å². The van der Waals surface area contributed by atoms with E-state index >= 15 is 0 Å². The summed E-state index contributed by atoms with van der Waals surface area (Å²) >= 11 is 6.25. The molecule has 3 rings (SSSR count). The van der Waals surface area contributed by atoms with Crippen LogP contribution in [0, 0.1) is 13.8 Å². The Morgan fingerprint density at radius 1 is 0.895 bits per heavy atom. The molecule has 0 unspecified atom stereocenters. The molecule has 0 saturated carbocycles. The van der Waals surface area contributed by atoms with Crippen LogP contribution in [0.15, 0.2) is 42.5 Å². The Hall–Kier alpha value is -1.93. The highest BCUT2D eigenvalue weighted by Crippen LogP contribution is 2.27. The molecule has 0 N–H and O–H groups in total. The van der Waals surface area contributed by atoms with Gasteiger partial charge in [0.05, 0.1) is 5.52 Å². The highest BCUT2D eigenvalue weighted by Gasteiger charge is 2.10. The Morgan fingerprint density at radius 3 is 2.53 bits per heavy atom. The molecule has 19 heavy (non-hydrogen) atoms. The van der Waals surface area contributed by atoms with Crippen LogP contribution in [0.2, 0.25) is 5.15 Å². The van der Waals surface area contributed by atoms with Gasteiger partial charge in [-0.25, -0.2) is 9.97 Å². The standard InChI is InChI=1S/C16H13ClN2/c1-10-6-5-8-12(11(10)2)16-18-14-9-4-3-7-13(14)15(17)19-16/h3-9H,1-2H3. The molecular formula is C16H13ClN2. The van der Waals surface area contributed by atoms with Gasteiger partial charge in [0.15, 0.2) is 5.82 Å². The van der Waals surface area contributed by atoms with Crippen molar-refractivity contribution in [1.82, 2.24) is 9.97 Å². The van der Waals surface area contributed by atoms with E-state index in [-0.39, 0.29) is 0 Å². The van der Waals surface area contributed by atoms with Crippen molar-refractivity contribution in [3.63, 3.8) is 0 Å². The molecule has 1 heterocycles. The van der Waals surface area contributed by atoms with E-state index in [0.717, 1.165) is 16.5 Å². The van der Waals surface area contributed by atoms with Crippen LogP contribution < -0.4 is 0 Å². The van der Waals surface area contributed by atoms with Gasteiger partial charge in [0.25, 0.3) is 0 Å². The van der Waals surface area contributed by atoms with E-state index in [1.165, 1.54) is 11.1 Å². The lowest BCUT2D eigenvalue weighted by Crippen LogP contribution is -1.95. The molecule has 0 spiro atoms. The summed E-state index contributed by atoms with van der Waals surface area (Å²) in [6, 6.07) is 13.9. The molecule has 2 aromatic carbocycles. The molecule has 0 saturated heterocycles. The molecule has 0 fully saturated rings. The minimum atomic E-state index is 0.501. The first-order valence-electron chi connectivity index (χ1n) is 6.15. The number of hydrogen-bond donors (Lipinski definition) is 0. The van der Waals surface area contributed by atoms with Crippen molar-refractivity contribution in [3.8, 4) is 11.4 Å². The molecule has 0 atom stereocenters.